The van der Waals surface area contributed by atoms with Gasteiger partial charge in [0.25, 0.3) is 0 Å². The van der Waals surface area contributed by atoms with Crippen LogP contribution in [0.15, 0.2) is 24.3 Å². The zero-order valence-corrected chi connectivity index (χ0v) is 16.4. The summed E-state index contributed by atoms with van der Waals surface area (Å²) in [6, 6.07) is 7.45. The van der Waals surface area contributed by atoms with Gasteiger partial charge in [-0.3, -0.25) is 4.79 Å². The van der Waals surface area contributed by atoms with E-state index in [2.05, 4.69) is 27.8 Å². The summed E-state index contributed by atoms with van der Waals surface area (Å²) in [4.78, 5) is 12.3. The molecule has 2 atom stereocenters. The number of carbonyl (C=O) groups excluding carboxylic acids is 1. The minimum atomic E-state index is 0. The molecule has 1 saturated heterocycles. The third kappa shape index (κ3) is 5.64. The topological polar surface area (TPSA) is 66.9 Å². The lowest BCUT2D eigenvalue weighted by atomic mass is 9.85. The Kier molecular flexibility index (Phi) is 7.62. The van der Waals surface area contributed by atoms with E-state index in [1.165, 1.54) is 24.2 Å². The molecule has 0 saturated carbocycles. The van der Waals surface area contributed by atoms with Gasteiger partial charge in [-0.15, -0.1) is 22.6 Å². The number of nitrogens with zero attached hydrogens (tertiary/aromatic N) is 2. The highest BCUT2D eigenvalue weighted by atomic mass is 35.5. The van der Waals surface area contributed by atoms with Crippen molar-refractivity contribution in [2.45, 2.75) is 26.2 Å². The SMILES string of the molecule is CC(CC(=O)Nc1nnc(-c2cccc(Cl)c2)s1)C1CCCNC1.Cl. The molecule has 25 heavy (non-hydrogen) atoms. The Hall–Kier alpha value is -1.21. The van der Waals surface area contributed by atoms with Crippen molar-refractivity contribution in [1.82, 2.24) is 15.5 Å². The second kappa shape index (κ2) is 9.48. The van der Waals surface area contributed by atoms with Gasteiger partial charge in [0.15, 0.2) is 0 Å². The molecule has 1 aromatic heterocycles. The molecule has 0 bridgehead atoms. The Morgan fingerprint density at radius 1 is 1.48 bits per heavy atom. The number of anilines is 1. The summed E-state index contributed by atoms with van der Waals surface area (Å²) < 4.78 is 0. The Labute approximate surface area is 163 Å². The Morgan fingerprint density at radius 3 is 3.04 bits per heavy atom. The van der Waals surface area contributed by atoms with Crippen molar-refractivity contribution in [1.29, 1.82) is 0 Å². The van der Waals surface area contributed by atoms with Crippen LogP contribution in [0, 0.1) is 11.8 Å². The molecule has 0 spiro atoms. The molecular formula is C17H22Cl2N4OS. The van der Waals surface area contributed by atoms with Crippen molar-refractivity contribution in [3.63, 3.8) is 0 Å². The minimum Gasteiger partial charge on any atom is -0.316 e. The van der Waals surface area contributed by atoms with Gasteiger partial charge in [-0.2, -0.15) is 0 Å². The molecule has 2 unspecified atom stereocenters. The smallest absolute Gasteiger partial charge is 0.226 e. The molecule has 5 nitrogen and oxygen atoms in total. The highest BCUT2D eigenvalue weighted by Crippen LogP contribution is 2.28. The Balaban J connectivity index is 0.00000225. The number of rotatable bonds is 5. The lowest BCUT2D eigenvalue weighted by Crippen LogP contribution is -2.34. The molecule has 136 valence electrons. The van der Waals surface area contributed by atoms with Crippen LogP contribution in [0.4, 0.5) is 5.13 Å². The molecule has 8 heteroatoms. The molecule has 1 amide bonds. The fourth-order valence-corrected chi connectivity index (χ4v) is 3.95. The summed E-state index contributed by atoms with van der Waals surface area (Å²) in [6.07, 6.45) is 2.90. The number of amides is 1. The highest BCUT2D eigenvalue weighted by molar-refractivity contribution is 7.18. The van der Waals surface area contributed by atoms with Crippen LogP contribution in [0.3, 0.4) is 0 Å². The molecule has 1 fully saturated rings. The lowest BCUT2D eigenvalue weighted by Gasteiger charge is -2.27. The van der Waals surface area contributed by atoms with Crippen molar-refractivity contribution in [2.75, 3.05) is 18.4 Å². The molecule has 3 rings (SSSR count). The molecular weight excluding hydrogens is 379 g/mol. The number of hydrogen-bond acceptors (Lipinski definition) is 5. The van der Waals surface area contributed by atoms with Gasteiger partial charge in [-0.1, -0.05) is 42.0 Å². The van der Waals surface area contributed by atoms with Crippen molar-refractivity contribution in [2.24, 2.45) is 11.8 Å². The first kappa shape index (κ1) is 20.1. The number of aromatic nitrogens is 2. The standard InChI is InChI=1S/C17H21ClN4OS.ClH/c1-11(13-5-3-7-19-10-13)8-15(23)20-17-22-21-16(24-17)12-4-2-6-14(18)9-12;/h2,4,6,9,11,13,19H,3,5,7-8,10H2,1H3,(H,20,22,23);1H. The van der Waals surface area contributed by atoms with E-state index in [0.717, 1.165) is 23.7 Å². The van der Waals surface area contributed by atoms with E-state index in [1.807, 2.05) is 24.3 Å². The largest absolute Gasteiger partial charge is 0.316 e. The minimum absolute atomic E-state index is 0. The first-order valence-electron chi connectivity index (χ1n) is 8.22. The summed E-state index contributed by atoms with van der Waals surface area (Å²) in [5.41, 5.74) is 0.905. The molecule has 1 aliphatic rings. The van der Waals surface area contributed by atoms with Gasteiger partial charge in [-0.25, -0.2) is 0 Å². The fourth-order valence-electron chi connectivity index (χ4n) is 3.01. The van der Waals surface area contributed by atoms with Crippen LogP contribution >= 0.6 is 35.3 Å². The van der Waals surface area contributed by atoms with Crippen LogP contribution in [-0.2, 0) is 4.79 Å². The monoisotopic (exact) mass is 400 g/mol. The maximum absolute atomic E-state index is 12.3. The number of piperidine rings is 1. The van der Waals surface area contributed by atoms with Crippen molar-refractivity contribution < 1.29 is 4.79 Å². The van der Waals surface area contributed by atoms with Gasteiger partial charge in [0, 0.05) is 17.0 Å². The van der Waals surface area contributed by atoms with Crippen LogP contribution in [0.1, 0.15) is 26.2 Å². The Bertz CT molecular complexity index is 703. The second-order valence-electron chi connectivity index (χ2n) is 6.26. The fraction of sp³-hybridized carbons (Fsp3) is 0.471. The summed E-state index contributed by atoms with van der Waals surface area (Å²) in [7, 11) is 0. The summed E-state index contributed by atoms with van der Waals surface area (Å²) in [5.74, 6) is 0.931. The van der Waals surface area contributed by atoms with Crippen LogP contribution in [0.2, 0.25) is 5.02 Å². The van der Waals surface area contributed by atoms with Crippen LogP contribution < -0.4 is 10.6 Å². The molecule has 0 aliphatic carbocycles. The number of carbonyl (C=O) groups is 1. The zero-order chi connectivity index (χ0) is 16.9. The lowest BCUT2D eigenvalue weighted by molar-refractivity contribution is -0.117. The predicted molar refractivity (Wildman–Crippen MR) is 106 cm³/mol. The number of nitrogens with one attached hydrogen (secondary N) is 2. The molecule has 2 aromatic rings. The average molecular weight is 401 g/mol. The van der Waals surface area contributed by atoms with E-state index in [9.17, 15) is 4.79 Å². The van der Waals surface area contributed by atoms with Gasteiger partial charge in [-0.05, 0) is 49.9 Å². The molecule has 2 heterocycles. The molecule has 1 aromatic carbocycles. The van der Waals surface area contributed by atoms with Crippen LogP contribution in [0.25, 0.3) is 10.6 Å². The van der Waals surface area contributed by atoms with Gasteiger partial charge < -0.3 is 10.6 Å². The predicted octanol–water partition coefficient (Wildman–Crippen LogP) is 4.24. The van der Waals surface area contributed by atoms with Crippen molar-refractivity contribution in [3.8, 4) is 10.6 Å². The summed E-state index contributed by atoms with van der Waals surface area (Å²) in [6.45, 7) is 4.24. The van der Waals surface area contributed by atoms with Gasteiger partial charge >= 0.3 is 0 Å². The summed E-state index contributed by atoms with van der Waals surface area (Å²) in [5, 5.41) is 16.4. The quantitative estimate of drug-likeness (QED) is 0.786. The normalized spacial score (nSPS) is 18.2. The molecule has 1 aliphatic heterocycles. The first-order valence-corrected chi connectivity index (χ1v) is 9.41. The number of hydrogen-bond donors (Lipinski definition) is 2. The van der Waals surface area contributed by atoms with E-state index in [4.69, 9.17) is 11.6 Å². The Morgan fingerprint density at radius 2 is 2.32 bits per heavy atom. The first-order chi connectivity index (χ1) is 11.6. The maximum atomic E-state index is 12.3. The van der Waals surface area contributed by atoms with Crippen molar-refractivity contribution >= 4 is 46.4 Å². The zero-order valence-electron chi connectivity index (χ0n) is 14.0. The van der Waals surface area contributed by atoms with E-state index in [1.54, 1.807) is 0 Å². The third-order valence-electron chi connectivity index (χ3n) is 4.39. The number of halogens is 2. The third-order valence-corrected chi connectivity index (χ3v) is 5.51. The van der Waals surface area contributed by atoms with Crippen LogP contribution in [-0.4, -0.2) is 29.2 Å². The van der Waals surface area contributed by atoms with E-state index in [-0.39, 0.29) is 18.3 Å². The van der Waals surface area contributed by atoms with E-state index in [0.29, 0.717) is 28.4 Å². The van der Waals surface area contributed by atoms with Gasteiger partial charge in [0.2, 0.25) is 11.0 Å². The van der Waals surface area contributed by atoms with Gasteiger partial charge in [0.1, 0.15) is 5.01 Å². The number of benzene rings is 1. The molecule has 2 N–H and O–H groups in total. The van der Waals surface area contributed by atoms with Crippen molar-refractivity contribution in [3.05, 3.63) is 29.3 Å². The van der Waals surface area contributed by atoms with E-state index < -0.39 is 0 Å². The highest BCUT2D eigenvalue weighted by Gasteiger charge is 2.22. The maximum Gasteiger partial charge on any atom is 0.226 e. The summed E-state index contributed by atoms with van der Waals surface area (Å²) >= 11 is 7.36. The second-order valence-corrected chi connectivity index (χ2v) is 7.67. The van der Waals surface area contributed by atoms with E-state index >= 15 is 0 Å². The van der Waals surface area contributed by atoms with Crippen LogP contribution in [0.5, 0.6) is 0 Å². The van der Waals surface area contributed by atoms with Gasteiger partial charge in [0.05, 0.1) is 0 Å². The molecule has 0 radical (unpaired) electrons. The average Bonchev–Trinajstić information content (AvgIpc) is 3.04.